The Balaban J connectivity index is 1.78. The van der Waals surface area contributed by atoms with Gasteiger partial charge in [0, 0.05) is 23.1 Å². The average molecular weight is 371 g/mol. The highest BCUT2D eigenvalue weighted by atomic mass is 35.5. The van der Waals surface area contributed by atoms with Crippen LogP contribution in [0.25, 0.3) is 6.08 Å². The summed E-state index contributed by atoms with van der Waals surface area (Å²) < 4.78 is 5.72. The van der Waals surface area contributed by atoms with E-state index in [1.165, 1.54) is 11.8 Å². The molecular weight excluding hydrogens is 355 g/mol. The van der Waals surface area contributed by atoms with Gasteiger partial charge in [-0.3, -0.25) is 4.79 Å². The molecular formula is C16H16Cl2N2O2S. The highest BCUT2D eigenvalue weighted by Gasteiger charge is 2.31. The van der Waals surface area contributed by atoms with Crippen molar-refractivity contribution in [2.45, 2.75) is 26.1 Å². The lowest BCUT2D eigenvalue weighted by Crippen LogP contribution is -2.47. The zero-order valence-electron chi connectivity index (χ0n) is 12.8. The van der Waals surface area contributed by atoms with E-state index in [-0.39, 0.29) is 18.1 Å². The van der Waals surface area contributed by atoms with Crippen molar-refractivity contribution in [1.82, 2.24) is 4.90 Å². The number of carbonyl (C=O) groups excluding carboxylic acids is 1. The molecule has 1 aromatic carbocycles. The number of morpholine rings is 1. The van der Waals surface area contributed by atoms with Crippen molar-refractivity contribution in [3.8, 4) is 0 Å². The number of aliphatic imine (C=N–C) groups is 1. The van der Waals surface area contributed by atoms with Crippen LogP contribution in [0.5, 0.6) is 0 Å². The Morgan fingerprint density at radius 1 is 1.30 bits per heavy atom. The van der Waals surface area contributed by atoms with Crippen LogP contribution in [-0.2, 0) is 9.53 Å². The number of nitrogens with zero attached hydrogens (tertiary/aromatic N) is 2. The monoisotopic (exact) mass is 370 g/mol. The minimum Gasteiger partial charge on any atom is -0.372 e. The minimum atomic E-state index is -0.234. The molecule has 0 aliphatic carbocycles. The zero-order valence-corrected chi connectivity index (χ0v) is 15.1. The van der Waals surface area contributed by atoms with Crippen molar-refractivity contribution in [1.29, 1.82) is 0 Å². The predicted molar refractivity (Wildman–Crippen MR) is 96.1 cm³/mol. The SMILES string of the molecule is CC1CN(C2=NC(=O)C(=Cc3ccc(Cl)cc3Cl)S2)CC(C)O1. The molecule has 0 N–H and O–H groups in total. The van der Waals surface area contributed by atoms with Gasteiger partial charge in [-0.2, -0.15) is 4.99 Å². The summed E-state index contributed by atoms with van der Waals surface area (Å²) in [6.07, 6.45) is 2.00. The summed E-state index contributed by atoms with van der Waals surface area (Å²) in [7, 11) is 0. The van der Waals surface area contributed by atoms with Gasteiger partial charge in [-0.25, -0.2) is 0 Å². The predicted octanol–water partition coefficient (Wildman–Crippen LogP) is 4.07. The lowest BCUT2D eigenvalue weighted by molar-refractivity contribution is -0.113. The van der Waals surface area contributed by atoms with Gasteiger partial charge in [0.05, 0.1) is 17.1 Å². The third kappa shape index (κ3) is 3.91. The van der Waals surface area contributed by atoms with Crippen molar-refractivity contribution in [3.63, 3.8) is 0 Å². The molecule has 7 heteroatoms. The topological polar surface area (TPSA) is 41.9 Å². The Hall–Kier alpha value is -1.01. The highest BCUT2D eigenvalue weighted by molar-refractivity contribution is 8.18. The molecule has 4 nitrogen and oxygen atoms in total. The Morgan fingerprint density at radius 2 is 2.00 bits per heavy atom. The minimum absolute atomic E-state index is 0.121. The van der Waals surface area contributed by atoms with E-state index in [0.717, 1.165) is 23.8 Å². The number of thioether (sulfide) groups is 1. The van der Waals surface area contributed by atoms with E-state index in [9.17, 15) is 4.79 Å². The molecule has 0 aromatic heterocycles. The van der Waals surface area contributed by atoms with E-state index in [0.29, 0.717) is 15.0 Å². The molecule has 23 heavy (non-hydrogen) atoms. The second-order valence-electron chi connectivity index (χ2n) is 5.64. The average Bonchev–Trinajstić information content (AvgIpc) is 2.82. The van der Waals surface area contributed by atoms with Crippen LogP contribution in [0.2, 0.25) is 10.0 Å². The van der Waals surface area contributed by atoms with Crippen LogP contribution in [0.1, 0.15) is 19.4 Å². The van der Waals surface area contributed by atoms with Crippen LogP contribution in [-0.4, -0.2) is 41.3 Å². The number of amides is 1. The van der Waals surface area contributed by atoms with Crippen LogP contribution in [0.4, 0.5) is 0 Å². The first-order chi connectivity index (χ1) is 10.9. The van der Waals surface area contributed by atoms with Crippen LogP contribution in [0.15, 0.2) is 28.1 Å². The normalized spacial score (nSPS) is 26.8. The number of hydrogen-bond donors (Lipinski definition) is 0. The van der Waals surface area contributed by atoms with Crippen molar-refractivity contribution in [2.24, 2.45) is 4.99 Å². The van der Waals surface area contributed by atoms with Gasteiger partial charge in [0.2, 0.25) is 0 Å². The van der Waals surface area contributed by atoms with Crippen molar-refractivity contribution < 1.29 is 9.53 Å². The summed E-state index contributed by atoms with van der Waals surface area (Å²) >= 11 is 13.4. The summed E-state index contributed by atoms with van der Waals surface area (Å²) in [5.41, 5.74) is 0.757. The maximum absolute atomic E-state index is 12.2. The molecule has 2 aliphatic heterocycles. The number of halogens is 2. The molecule has 1 fully saturated rings. The molecule has 2 heterocycles. The van der Waals surface area contributed by atoms with E-state index < -0.39 is 0 Å². The summed E-state index contributed by atoms with van der Waals surface area (Å²) in [5.74, 6) is -0.234. The lowest BCUT2D eigenvalue weighted by Gasteiger charge is -2.35. The number of benzene rings is 1. The van der Waals surface area contributed by atoms with Crippen molar-refractivity contribution in [3.05, 3.63) is 38.7 Å². The van der Waals surface area contributed by atoms with E-state index in [2.05, 4.69) is 9.89 Å². The maximum atomic E-state index is 12.2. The molecule has 3 rings (SSSR count). The highest BCUT2D eigenvalue weighted by Crippen LogP contribution is 2.33. The van der Waals surface area contributed by atoms with Gasteiger partial charge < -0.3 is 9.64 Å². The molecule has 0 bridgehead atoms. The summed E-state index contributed by atoms with van der Waals surface area (Å²) in [6.45, 7) is 5.51. The molecule has 2 unspecified atom stereocenters. The van der Waals surface area contributed by atoms with Crippen LogP contribution < -0.4 is 0 Å². The summed E-state index contributed by atoms with van der Waals surface area (Å²) in [4.78, 5) is 19.0. The fraction of sp³-hybridized carbons (Fsp3) is 0.375. The standard InChI is InChI=1S/C16H16Cl2N2O2S/c1-9-7-20(8-10(2)22-9)16-19-15(21)14(23-16)5-11-3-4-12(17)6-13(11)18/h3-6,9-10H,7-8H2,1-2H3. The summed E-state index contributed by atoms with van der Waals surface area (Å²) in [5, 5.41) is 1.81. The first-order valence-electron chi connectivity index (χ1n) is 7.30. The van der Waals surface area contributed by atoms with Gasteiger partial charge in [-0.05, 0) is 49.4 Å². The van der Waals surface area contributed by atoms with E-state index in [1.807, 2.05) is 13.8 Å². The molecule has 0 saturated carbocycles. The fourth-order valence-electron chi connectivity index (χ4n) is 2.63. The van der Waals surface area contributed by atoms with Gasteiger partial charge >= 0.3 is 0 Å². The first-order valence-corrected chi connectivity index (χ1v) is 8.87. The molecule has 122 valence electrons. The van der Waals surface area contributed by atoms with Crippen molar-refractivity contribution >= 4 is 52.1 Å². The lowest BCUT2D eigenvalue weighted by atomic mass is 10.2. The molecule has 2 aliphatic rings. The molecule has 1 saturated heterocycles. The number of amidine groups is 1. The third-order valence-electron chi connectivity index (χ3n) is 3.55. The molecule has 1 amide bonds. The first kappa shape index (κ1) is 16.8. The van der Waals surface area contributed by atoms with Gasteiger partial charge in [0.25, 0.3) is 5.91 Å². The van der Waals surface area contributed by atoms with Gasteiger partial charge in [-0.15, -0.1) is 0 Å². The molecule has 0 spiro atoms. The molecule has 0 radical (unpaired) electrons. The fourth-order valence-corrected chi connectivity index (χ4v) is 4.01. The van der Waals surface area contributed by atoms with Crippen LogP contribution in [0.3, 0.4) is 0 Å². The largest absolute Gasteiger partial charge is 0.372 e. The molecule has 1 aromatic rings. The van der Waals surface area contributed by atoms with Gasteiger partial charge in [0.1, 0.15) is 0 Å². The Morgan fingerprint density at radius 3 is 2.65 bits per heavy atom. The number of carbonyl (C=O) groups is 1. The zero-order chi connectivity index (χ0) is 16.6. The van der Waals surface area contributed by atoms with Gasteiger partial charge in [-0.1, -0.05) is 29.3 Å². The van der Waals surface area contributed by atoms with E-state index in [1.54, 1.807) is 24.3 Å². The van der Waals surface area contributed by atoms with Gasteiger partial charge in [0.15, 0.2) is 5.17 Å². The van der Waals surface area contributed by atoms with Crippen molar-refractivity contribution in [2.75, 3.05) is 13.1 Å². The van der Waals surface area contributed by atoms with Crippen LogP contribution >= 0.6 is 35.0 Å². The smallest absolute Gasteiger partial charge is 0.286 e. The number of rotatable bonds is 1. The van der Waals surface area contributed by atoms with E-state index in [4.69, 9.17) is 27.9 Å². The summed E-state index contributed by atoms with van der Waals surface area (Å²) in [6, 6.07) is 5.20. The maximum Gasteiger partial charge on any atom is 0.286 e. The molecule has 2 atom stereocenters. The number of ether oxygens (including phenoxy) is 1. The second kappa shape index (κ2) is 6.85. The van der Waals surface area contributed by atoms with Crippen LogP contribution in [0, 0.1) is 0 Å². The second-order valence-corrected chi connectivity index (χ2v) is 7.49. The number of hydrogen-bond acceptors (Lipinski definition) is 4. The van der Waals surface area contributed by atoms with E-state index >= 15 is 0 Å². The Bertz CT molecular complexity index is 695. The third-order valence-corrected chi connectivity index (χ3v) is 5.16. The Labute approximate surface area is 149 Å². The Kier molecular flexibility index (Phi) is 5.01. The quantitative estimate of drug-likeness (QED) is 0.698.